The number of rotatable bonds is 1. The smallest absolute Gasteiger partial charge is 0.142 e. The van der Waals surface area contributed by atoms with E-state index in [1.165, 1.54) is 0 Å². The molecular formula is C11H20Cl2N4. The van der Waals surface area contributed by atoms with Crippen LogP contribution in [0.25, 0.3) is 0 Å². The Morgan fingerprint density at radius 3 is 2.82 bits per heavy atom. The minimum Gasteiger partial charge on any atom is -0.382 e. The van der Waals surface area contributed by atoms with Crippen LogP contribution in [0, 0.1) is 0 Å². The Labute approximate surface area is 115 Å². The highest BCUT2D eigenvalue weighted by Gasteiger charge is 2.21. The summed E-state index contributed by atoms with van der Waals surface area (Å²) >= 11 is 0. The van der Waals surface area contributed by atoms with Crippen molar-refractivity contribution in [3.63, 3.8) is 0 Å². The molecule has 17 heavy (non-hydrogen) atoms. The lowest BCUT2D eigenvalue weighted by atomic mass is 10.1. The lowest BCUT2D eigenvalue weighted by Gasteiger charge is -2.19. The molecule has 0 unspecified atom stereocenters. The van der Waals surface area contributed by atoms with Crippen molar-refractivity contribution in [1.29, 1.82) is 0 Å². The second kappa shape index (κ2) is 6.99. The third kappa shape index (κ3) is 3.69. The predicted octanol–water partition coefficient (Wildman–Crippen LogP) is 1.88. The molecule has 6 heteroatoms. The van der Waals surface area contributed by atoms with Gasteiger partial charge in [0.05, 0.1) is 17.6 Å². The Morgan fingerprint density at radius 2 is 2.18 bits per heavy atom. The van der Waals surface area contributed by atoms with E-state index in [2.05, 4.69) is 28.7 Å². The van der Waals surface area contributed by atoms with E-state index in [1.54, 1.807) is 6.20 Å². The Kier molecular flexibility index (Phi) is 6.75. The molecule has 0 bridgehead atoms. The number of hydrogen-bond donors (Lipinski definition) is 1. The van der Waals surface area contributed by atoms with Crippen molar-refractivity contribution in [1.82, 2.24) is 14.9 Å². The normalized spacial score (nSPS) is 19.5. The van der Waals surface area contributed by atoms with E-state index < -0.39 is 0 Å². The molecule has 0 saturated heterocycles. The van der Waals surface area contributed by atoms with Gasteiger partial charge >= 0.3 is 0 Å². The fraction of sp³-hybridized carbons (Fsp3) is 0.636. The monoisotopic (exact) mass is 278 g/mol. The maximum absolute atomic E-state index is 5.68. The molecule has 2 heterocycles. The first kappa shape index (κ1) is 16.4. The maximum Gasteiger partial charge on any atom is 0.142 e. The van der Waals surface area contributed by atoms with E-state index in [0.29, 0.717) is 11.7 Å². The van der Waals surface area contributed by atoms with E-state index >= 15 is 0 Å². The van der Waals surface area contributed by atoms with Crippen LogP contribution in [0.2, 0.25) is 0 Å². The van der Waals surface area contributed by atoms with Gasteiger partial charge < -0.3 is 10.6 Å². The second-order valence-corrected chi connectivity index (χ2v) is 4.17. The molecule has 1 aromatic rings. The molecule has 2 N–H and O–H groups in total. The molecule has 4 nitrogen and oxygen atoms in total. The zero-order valence-electron chi connectivity index (χ0n) is 10.2. The number of anilines is 1. The number of likely N-dealkylation sites (N-methyl/N-ethyl adjacent to an activating group) is 1. The van der Waals surface area contributed by atoms with Gasteiger partial charge in [-0.2, -0.15) is 0 Å². The molecule has 0 aliphatic carbocycles. The summed E-state index contributed by atoms with van der Waals surface area (Å²) in [6.45, 7) is 7.61. The summed E-state index contributed by atoms with van der Waals surface area (Å²) in [6, 6.07) is 0. The van der Waals surface area contributed by atoms with E-state index in [4.69, 9.17) is 5.73 Å². The Balaban J connectivity index is 0.00000128. The van der Waals surface area contributed by atoms with Gasteiger partial charge in [-0.05, 0) is 6.54 Å². The molecule has 1 aliphatic heterocycles. The van der Waals surface area contributed by atoms with Crippen LogP contribution in [0.3, 0.4) is 0 Å². The maximum atomic E-state index is 5.68. The van der Waals surface area contributed by atoms with E-state index in [-0.39, 0.29) is 24.8 Å². The van der Waals surface area contributed by atoms with Crippen molar-refractivity contribution in [2.24, 2.45) is 0 Å². The van der Waals surface area contributed by atoms with Crippen LogP contribution < -0.4 is 5.73 Å². The molecular weight excluding hydrogens is 259 g/mol. The number of nitrogens with zero attached hydrogens (tertiary/aromatic N) is 3. The molecule has 1 aromatic heterocycles. The number of fused-ring (bicyclic) bond motifs is 1. The SMILES string of the molecule is CCN1CCc2ncc(N)nc2[C@H](C)C1.Cl.Cl. The van der Waals surface area contributed by atoms with Crippen LogP contribution in [-0.4, -0.2) is 34.5 Å². The van der Waals surface area contributed by atoms with Gasteiger partial charge in [-0.15, -0.1) is 24.8 Å². The lowest BCUT2D eigenvalue weighted by molar-refractivity contribution is 0.285. The molecule has 0 fully saturated rings. The standard InChI is InChI=1S/C11H18N4.2ClH/c1-3-15-5-4-9-11(8(2)7-15)14-10(12)6-13-9;;/h6,8H,3-5,7H2,1-2H3,(H2,12,14);2*1H/t8-;;/m1../s1. The molecule has 98 valence electrons. The van der Waals surface area contributed by atoms with Crippen LogP contribution in [0.1, 0.15) is 31.2 Å². The van der Waals surface area contributed by atoms with Crippen LogP contribution >= 0.6 is 24.8 Å². The van der Waals surface area contributed by atoms with Crippen LogP contribution in [0.15, 0.2) is 6.20 Å². The van der Waals surface area contributed by atoms with Gasteiger partial charge in [-0.25, -0.2) is 4.98 Å². The largest absolute Gasteiger partial charge is 0.382 e. The minimum atomic E-state index is 0. The van der Waals surface area contributed by atoms with Crippen LogP contribution in [0.5, 0.6) is 0 Å². The van der Waals surface area contributed by atoms with Crippen molar-refractivity contribution < 1.29 is 0 Å². The van der Waals surface area contributed by atoms with E-state index in [0.717, 1.165) is 37.4 Å². The van der Waals surface area contributed by atoms with Gasteiger partial charge in [-0.3, -0.25) is 4.98 Å². The highest BCUT2D eigenvalue weighted by atomic mass is 35.5. The first-order chi connectivity index (χ1) is 7.20. The minimum absolute atomic E-state index is 0. The van der Waals surface area contributed by atoms with Gasteiger partial charge in [0.25, 0.3) is 0 Å². The van der Waals surface area contributed by atoms with E-state index in [9.17, 15) is 0 Å². The zero-order chi connectivity index (χ0) is 10.8. The average molecular weight is 279 g/mol. The fourth-order valence-electron chi connectivity index (χ4n) is 2.15. The van der Waals surface area contributed by atoms with Gasteiger partial charge in [0.15, 0.2) is 0 Å². The quantitative estimate of drug-likeness (QED) is 0.853. The second-order valence-electron chi connectivity index (χ2n) is 4.17. The molecule has 1 aliphatic rings. The van der Waals surface area contributed by atoms with Crippen molar-refractivity contribution in [3.05, 3.63) is 17.6 Å². The van der Waals surface area contributed by atoms with E-state index in [1.807, 2.05) is 0 Å². The highest BCUT2D eigenvalue weighted by Crippen LogP contribution is 2.22. The Morgan fingerprint density at radius 1 is 1.47 bits per heavy atom. The molecule has 0 radical (unpaired) electrons. The zero-order valence-corrected chi connectivity index (χ0v) is 11.9. The van der Waals surface area contributed by atoms with Gasteiger partial charge in [0.1, 0.15) is 5.82 Å². The number of nitrogens with two attached hydrogens (primary N) is 1. The molecule has 0 spiro atoms. The Hall–Kier alpha value is -0.580. The van der Waals surface area contributed by atoms with Crippen LogP contribution in [0.4, 0.5) is 5.82 Å². The molecule has 0 aromatic carbocycles. The molecule has 2 rings (SSSR count). The first-order valence-electron chi connectivity index (χ1n) is 5.54. The van der Waals surface area contributed by atoms with Crippen LogP contribution in [-0.2, 0) is 6.42 Å². The number of halogens is 2. The van der Waals surface area contributed by atoms with Gasteiger partial charge in [-0.1, -0.05) is 13.8 Å². The predicted molar refractivity (Wildman–Crippen MR) is 75.2 cm³/mol. The fourth-order valence-corrected chi connectivity index (χ4v) is 2.15. The lowest BCUT2D eigenvalue weighted by Crippen LogP contribution is -2.27. The van der Waals surface area contributed by atoms with Crippen molar-refractivity contribution in [3.8, 4) is 0 Å². The van der Waals surface area contributed by atoms with Crippen molar-refractivity contribution >= 4 is 30.6 Å². The average Bonchev–Trinajstić information content (AvgIpc) is 2.39. The third-order valence-corrected chi connectivity index (χ3v) is 3.01. The Bertz CT molecular complexity index is 359. The molecule has 0 saturated carbocycles. The summed E-state index contributed by atoms with van der Waals surface area (Å²) in [5.74, 6) is 0.962. The molecule has 0 amide bonds. The summed E-state index contributed by atoms with van der Waals surface area (Å²) in [6.07, 6.45) is 2.65. The van der Waals surface area contributed by atoms with Crippen molar-refractivity contribution in [2.45, 2.75) is 26.2 Å². The summed E-state index contributed by atoms with van der Waals surface area (Å²) in [5, 5.41) is 0. The number of nitrogen functional groups attached to an aromatic ring is 1. The van der Waals surface area contributed by atoms with Gasteiger partial charge in [0.2, 0.25) is 0 Å². The van der Waals surface area contributed by atoms with Crippen molar-refractivity contribution in [2.75, 3.05) is 25.4 Å². The van der Waals surface area contributed by atoms with Gasteiger partial charge in [0, 0.05) is 25.4 Å². The summed E-state index contributed by atoms with van der Waals surface area (Å²) in [7, 11) is 0. The molecule has 1 atom stereocenters. The summed E-state index contributed by atoms with van der Waals surface area (Å²) in [4.78, 5) is 11.2. The summed E-state index contributed by atoms with van der Waals surface area (Å²) < 4.78 is 0. The number of aromatic nitrogens is 2. The highest BCUT2D eigenvalue weighted by molar-refractivity contribution is 5.85. The number of hydrogen-bond acceptors (Lipinski definition) is 4. The topological polar surface area (TPSA) is 55.0 Å². The first-order valence-corrected chi connectivity index (χ1v) is 5.54. The third-order valence-electron chi connectivity index (χ3n) is 3.01. The summed E-state index contributed by atoms with van der Waals surface area (Å²) in [5.41, 5.74) is 7.88.